The molecule has 0 saturated carbocycles. The standard InChI is InChI=1S/C12H24N2O2/c1-4-12(5-2,8-15)14-11(16)9(3)10-6-13-7-10/h9-10,13,15H,4-8H2,1-3H3,(H,14,16). The highest BCUT2D eigenvalue weighted by Gasteiger charge is 2.33. The molecule has 0 aliphatic carbocycles. The van der Waals surface area contributed by atoms with Crippen LogP contribution in [-0.2, 0) is 4.79 Å². The number of carbonyl (C=O) groups is 1. The van der Waals surface area contributed by atoms with Gasteiger partial charge < -0.3 is 15.7 Å². The van der Waals surface area contributed by atoms with E-state index < -0.39 is 5.54 Å². The monoisotopic (exact) mass is 228 g/mol. The van der Waals surface area contributed by atoms with Crippen LogP contribution in [0.5, 0.6) is 0 Å². The zero-order valence-corrected chi connectivity index (χ0v) is 10.5. The summed E-state index contributed by atoms with van der Waals surface area (Å²) in [5.41, 5.74) is -0.428. The molecule has 1 atom stereocenters. The van der Waals surface area contributed by atoms with Gasteiger partial charge in [0, 0.05) is 5.92 Å². The van der Waals surface area contributed by atoms with Gasteiger partial charge in [-0.3, -0.25) is 4.79 Å². The number of aliphatic hydroxyl groups excluding tert-OH is 1. The molecule has 0 aromatic rings. The van der Waals surface area contributed by atoms with Crippen LogP contribution in [-0.4, -0.2) is 36.2 Å². The molecule has 3 N–H and O–H groups in total. The van der Waals surface area contributed by atoms with Crippen molar-refractivity contribution in [3.63, 3.8) is 0 Å². The lowest BCUT2D eigenvalue weighted by Gasteiger charge is -2.36. The van der Waals surface area contributed by atoms with Gasteiger partial charge in [0.1, 0.15) is 0 Å². The number of amides is 1. The van der Waals surface area contributed by atoms with Gasteiger partial charge in [0.05, 0.1) is 12.1 Å². The molecule has 0 spiro atoms. The van der Waals surface area contributed by atoms with Crippen LogP contribution in [0.1, 0.15) is 33.6 Å². The van der Waals surface area contributed by atoms with Crippen molar-refractivity contribution in [2.75, 3.05) is 19.7 Å². The Morgan fingerprint density at radius 1 is 1.50 bits per heavy atom. The predicted octanol–water partition coefficient (Wildman–Crippen LogP) is 0.509. The van der Waals surface area contributed by atoms with Crippen molar-refractivity contribution in [2.24, 2.45) is 11.8 Å². The second-order valence-electron chi connectivity index (χ2n) is 4.84. The Kier molecular flexibility index (Phi) is 4.74. The SMILES string of the molecule is CCC(CC)(CO)NC(=O)C(C)C1CNC1. The summed E-state index contributed by atoms with van der Waals surface area (Å²) in [7, 11) is 0. The van der Waals surface area contributed by atoms with Gasteiger partial charge in [-0.2, -0.15) is 0 Å². The van der Waals surface area contributed by atoms with Crippen LogP contribution in [0.2, 0.25) is 0 Å². The zero-order chi connectivity index (χ0) is 12.2. The molecule has 1 fully saturated rings. The summed E-state index contributed by atoms with van der Waals surface area (Å²) in [6.07, 6.45) is 1.53. The second-order valence-corrected chi connectivity index (χ2v) is 4.84. The third-order valence-electron chi connectivity index (χ3n) is 3.98. The third kappa shape index (κ3) is 2.74. The van der Waals surface area contributed by atoms with E-state index in [1.54, 1.807) is 0 Å². The maximum absolute atomic E-state index is 12.0. The first kappa shape index (κ1) is 13.5. The summed E-state index contributed by atoms with van der Waals surface area (Å²) >= 11 is 0. The van der Waals surface area contributed by atoms with Gasteiger partial charge in [-0.05, 0) is 31.8 Å². The lowest BCUT2D eigenvalue weighted by atomic mass is 9.86. The summed E-state index contributed by atoms with van der Waals surface area (Å²) in [6, 6.07) is 0. The number of hydrogen-bond acceptors (Lipinski definition) is 3. The highest BCUT2D eigenvalue weighted by atomic mass is 16.3. The molecule has 0 aromatic carbocycles. The Bertz CT molecular complexity index is 227. The fourth-order valence-electron chi connectivity index (χ4n) is 1.94. The van der Waals surface area contributed by atoms with Gasteiger partial charge in [-0.15, -0.1) is 0 Å². The smallest absolute Gasteiger partial charge is 0.223 e. The minimum absolute atomic E-state index is 0.0153. The van der Waals surface area contributed by atoms with Crippen LogP contribution in [0.15, 0.2) is 0 Å². The van der Waals surface area contributed by atoms with E-state index in [4.69, 9.17) is 0 Å². The maximum atomic E-state index is 12.0. The Balaban J connectivity index is 2.53. The summed E-state index contributed by atoms with van der Waals surface area (Å²) in [4.78, 5) is 12.0. The molecule has 4 nitrogen and oxygen atoms in total. The van der Waals surface area contributed by atoms with E-state index in [1.807, 2.05) is 20.8 Å². The third-order valence-corrected chi connectivity index (χ3v) is 3.98. The van der Waals surface area contributed by atoms with Crippen LogP contribution >= 0.6 is 0 Å². The fraction of sp³-hybridized carbons (Fsp3) is 0.917. The van der Waals surface area contributed by atoms with E-state index in [1.165, 1.54) is 0 Å². The lowest BCUT2D eigenvalue weighted by Crippen LogP contribution is -2.56. The van der Waals surface area contributed by atoms with Crippen molar-refractivity contribution in [1.82, 2.24) is 10.6 Å². The average Bonchev–Trinajstić information content (AvgIpc) is 2.23. The van der Waals surface area contributed by atoms with Crippen molar-refractivity contribution < 1.29 is 9.90 Å². The molecule has 0 aromatic heterocycles. The number of nitrogens with one attached hydrogen (secondary N) is 2. The van der Waals surface area contributed by atoms with Crippen molar-refractivity contribution in [3.05, 3.63) is 0 Å². The summed E-state index contributed by atoms with van der Waals surface area (Å²) in [6.45, 7) is 7.83. The van der Waals surface area contributed by atoms with Gasteiger partial charge >= 0.3 is 0 Å². The minimum Gasteiger partial charge on any atom is -0.394 e. The van der Waals surface area contributed by atoms with Crippen LogP contribution in [0.3, 0.4) is 0 Å². The molecule has 1 unspecified atom stereocenters. The van der Waals surface area contributed by atoms with Gasteiger partial charge in [0.15, 0.2) is 0 Å². The average molecular weight is 228 g/mol. The van der Waals surface area contributed by atoms with E-state index in [0.29, 0.717) is 5.92 Å². The first-order chi connectivity index (χ1) is 7.58. The van der Waals surface area contributed by atoms with E-state index in [-0.39, 0.29) is 18.4 Å². The van der Waals surface area contributed by atoms with Crippen LogP contribution in [0.4, 0.5) is 0 Å². The lowest BCUT2D eigenvalue weighted by molar-refractivity contribution is -0.129. The van der Waals surface area contributed by atoms with Gasteiger partial charge in [0.2, 0.25) is 5.91 Å². The van der Waals surface area contributed by atoms with E-state index in [9.17, 15) is 9.90 Å². The molecular formula is C12H24N2O2. The molecule has 1 rings (SSSR count). The highest BCUT2D eigenvalue weighted by molar-refractivity contribution is 5.79. The first-order valence-electron chi connectivity index (χ1n) is 6.22. The molecule has 1 aliphatic heterocycles. The molecule has 1 amide bonds. The highest BCUT2D eigenvalue weighted by Crippen LogP contribution is 2.19. The number of rotatable bonds is 6. The normalized spacial score (nSPS) is 19.0. The van der Waals surface area contributed by atoms with Gasteiger partial charge in [-0.1, -0.05) is 20.8 Å². The second kappa shape index (κ2) is 5.64. The van der Waals surface area contributed by atoms with Gasteiger partial charge in [-0.25, -0.2) is 0 Å². The van der Waals surface area contributed by atoms with Crippen molar-refractivity contribution >= 4 is 5.91 Å². The Morgan fingerprint density at radius 2 is 2.06 bits per heavy atom. The zero-order valence-electron chi connectivity index (χ0n) is 10.5. The molecule has 1 heterocycles. The van der Waals surface area contributed by atoms with Crippen LogP contribution in [0.25, 0.3) is 0 Å². The topological polar surface area (TPSA) is 61.4 Å². The molecular weight excluding hydrogens is 204 g/mol. The molecule has 1 aliphatic rings. The number of carbonyl (C=O) groups excluding carboxylic acids is 1. The van der Waals surface area contributed by atoms with Crippen molar-refractivity contribution in [3.8, 4) is 0 Å². The molecule has 4 heteroatoms. The van der Waals surface area contributed by atoms with Gasteiger partial charge in [0.25, 0.3) is 0 Å². The summed E-state index contributed by atoms with van der Waals surface area (Å²) in [5, 5.41) is 15.6. The largest absolute Gasteiger partial charge is 0.394 e. The Hall–Kier alpha value is -0.610. The predicted molar refractivity (Wildman–Crippen MR) is 64.1 cm³/mol. The fourth-order valence-corrected chi connectivity index (χ4v) is 1.94. The Labute approximate surface area is 97.8 Å². The van der Waals surface area contributed by atoms with E-state index in [0.717, 1.165) is 25.9 Å². The van der Waals surface area contributed by atoms with Crippen LogP contribution in [0, 0.1) is 11.8 Å². The number of aliphatic hydroxyl groups is 1. The molecule has 0 bridgehead atoms. The molecule has 94 valence electrons. The van der Waals surface area contributed by atoms with Crippen molar-refractivity contribution in [2.45, 2.75) is 39.2 Å². The maximum Gasteiger partial charge on any atom is 0.223 e. The molecule has 0 radical (unpaired) electrons. The first-order valence-corrected chi connectivity index (χ1v) is 6.22. The molecule has 1 saturated heterocycles. The van der Waals surface area contributed by atoms with Crippen LogP contribution < -0.4 is 10.6 Å². The minimum atomic E-state index is -0.428. The molecule has 16 heavy (non-hydrogen) atoms. The van der Waals surface area contributed by atoms with E-state index >= 15 is 0 Å². The summed E-state index contributed by atoms with van der Waals surface area (Å²) < 4.78 is 0. The quantitative estimate of drug-likeness (QED) is 0.621. The Morgan fingerprint density at radius 3 is 2.38 bits per heavy atom. The van der Waals surface area contributed by atoms with Crippen molar-refractivity contribution in [1.29, 1.82) is 0 Å². The van der Waals surface area contributed by atoms with E-state index in [2.05, 4.69) is 10.6 Å². The number of hydrogen-bond donors (Lipinski definition) is 3. The summed E-state index contributed by atoms with van der Waals surface area (Å²) in [5.74, 6) is 0.555.